The summed E-state index contributed by atoms with van der Waals surface area (Å²) in [4.78, 5) is 4.19. The third-order valence-electron chi connectivity index (χ3n) is 2.57. The molecule has 1 atom stereocenters. The van der Waals surface area contributed by atoms with Crippen molar-refractivity contribution in [3.05, 3.63) is 52.7 Å². The van der Waals surface area contributed by atoms with E-state index in [9.17, 15) is 0 Å². The number of oxazole rings is 1. The highest BCUT2D eigenvalue weighted by molar-refractivity contribution is 6.31. The van der Waals surface area contributed by atoms with Gasteiger partial charge in [-0.25, -0.2) is 4.98 Å². The second-order valence-electron chi connectivity index (χ2n) is 4.00. The van der Waals surface area contributed by atoms with Gasteiger partial charge in [0.05, 0.1) is 12.2 Å². The number of rotatable bonds is 4. The molecule has 4 heteroatoms. The molecular formula is C13H15ClN2O. The van der Waals surface area contributed by atoms with Crippen LogP contribution < -0.4 is 5.32 Å². The van der Waals surface area contributed by atoms with Crippen molar-refractivity contribution < 1.29 is 4.42 Å². The number of hydrogen-bond acceptors (Lipinski definition) is 3. The molecule has 0 aliphatic rings. The zero-order chi connectivity index (χ0) is 12.3. The maximum absolute atomic E-state index is 6.08. The quantitative estimate of drug-likeness (QED) is 0.903. The molecule has 0 radical (unpaired) electrons. The molecule has 1 aromatic heterocycles. The third kappa shape index (κ3) is 3.08. The Balaban J connectivity index is 1.97. The molecule has 0 saturated carbocycles. The molecular weight excluding hydrogens is 236 g/mol. The number of nitrogens with zero attached hydrogens (tertiary/aromatic N) is 1. The highest BCUT2D eigenvalue weighted by atomic mass is 35.5. The average molecular weight is 251 g/mol. The highest BCUT2D eigenvalue weighted by Crippen LogP contribution is 2.17. The van der Waals surface area contributed by atoms with Crippen molar-refractivity contribution in [2.75, 3.05) is 0 Å². The number of benzene rings is 1. The zero-order valence-electron chi connectivity index (χ0n) is 9.90. The lowest BCUT2D eigenvalue weighted by Gasteiger charge is -2.11. The number of halogens is 1. The van der Waals surface area contributed by atoms with Crippen molar-refractivity contribution in [1.82, 2.24) is 10.3 Å². The molecule has 2 aromatic rings. The van der Waals surface area contributed by atoms with Crippen molar-refractivity contribution in [3.8, 4) is 0 Å². The Kier molecular flexibility index (Phi) is 3.82. The van der Waals surface area contributed by atoms with Gasteiger partial charge in [0.25, 0.3) is 0 Å². The fourth-order valence-corrected chi connectivity index (χ4v) is 1.77. The lowest BCUT2D eigenvalue weighted by atomic mass is 10.2. The maximum Gasteiger partial charge on any atom is 0.211 e. The minimum absolute atomic E-state index is 0.0694. The van der Waals surface area contributed by atoms with Gasteiger partial charge in [-0.15, -0.1) is 0 Å². The first kappa shape index (κ1) is 12.1. The topological polar surface area (TPSA) is 38.1 Å². The second-order valence-corrected chi connectivity index (χ2v) is 4.41. The molecule has 17 heavy (non-hydrogen) atoms. The van der Waals surface area contributed by atoms with Crippen molar-refractivity contribution in [3.63, 3.8) is 0 Å². The first-order chi connectivity index (χ1) is 8.16. The summed E-state index contributed by atoms with van der Waals surface area (Å²) < 4.78 is 5.46. The first-order valence-electron chi connectivity index (χ1n) is 5.56. The lowest BCUT2D eigenvalue weighted by molar-refractivity contribution is 0.402. The van der Waals surface area contributed by atoms with Gasteiger partial charge in [0.15, 0.2) is 0 Å². The summed E-state index contributed by atoms with van der Waals surface area (Å²) in [5.41, 5.74) is 1.07. The van der Waals surface area contributed by atoms with E-state index in [0.717, 1.165) is 16.3 Å². The standard InChI is InChI=1S/C13H15ClN2O/c1-9-7-16-13(17-9)10(2)15-8-11-5-3-4-6-12(11)14/h3-7,10,15H,8H2,1-2H3. The van der Waals surface area contributed by atoms with Crippen LogP contribution in [0, 0.1) is 6.92 Å². The van der Waals surface area contributed by atoms with Gasteiger partial charge < -0.3 is 9.73 Å². The number of hydrogen-bond donors (Lipinski definition) is 1. The predicted octanol–water partition coefficient (Wildman–Crippen LogP) is 3.49. The Bertz CT molecular complexity index is 496. The average Bonchev–Trinajstić information content (AvgIpc) is 2.74. The van der Waals surface area contributed by atoms with E-state index >= 15 is 0 Å². The molecule has 0 aliphatic heterocycles. The van der Waals surface area contributed by atoms with E-state index in [-0.39, 0.29) is 6.04 Å². The van der Waals surface area contributed by atoms with Gasteiger partial charge in [-0.05, 0) is 25.5 Å². The van der Waals surface area contributed by atoms with Crippen molar-refractivity contribution >= 4 is 11.6 Å². The lowest BCUT2D eigenvalue weighted by Crippen LogP contribution is -2.18. The van der Waals surface area contributed by atoms with Crippen LogP contribution >= 0.6 is 11.6 Å². The molecule has 1 unspecified atom stereocenters. The van der Waals surface area contributed by atoms with Gasteiger partial charge in [0, 0.05) is 11.6 Å². The summed E-state index contributed by atoms with van der Waals surface area (Å²) in [5, 5.41) is 4.10. The summed E-state index contributed by atoms with van der Waals surface area (Å²) in [5.74, 6) is 1.53. The maximum atomic E-state index is 6.08. The third-order valence-corrected chi connectivity index (χ3v) is 2.93. The molecule has 1 N–H and O–H groups in total. The summed E-state index contributed by atoms with van der Waals surface area (Å²) in [6.07, 6.45) is 1.73. The second kappa shape index (κ2) is 5.34. The Labute approximate surface area is 106 Å². The molecule has 90 valence electrons. The van der Waals surface area contributed by atoms with Crippen LogP contribution in [0.3, 0.4) is 0 Å². The smallest absolute Gasteiger partial charge is 0.211 e. The molecule has 1 aromatic carbocycles. The number of aromatic nitrogens is 1. The first-order valence-corrected chi connectivity index (χ1v) is 5.93. The molecule has 3 nitrogen and oxygen atoms in total. The van der Waals surface area contributed by atoms with Crippen LogP contribution in [0.25, 0.3) is 0 Å². The van der Waals surface area contributed by atoms with Crippen molar-refractivity contribution in [2.45, 2.75) is 26.4 Å². The van der Waals surface area contributed by atoms with Gasteiger partial charge in [-0.2, -0.15) is 0 Å². The van der Waals surface area contributed by atoms with Crippen LogP contribution in [0.4, 0.5) is 0 Å². The van der Waals surface area contributed by atoms with Crippen LogP contribution in [0.2, 0.25) is 5.02 Å². The Hall–Kier alpha value is -1.32. The van der Waals surface area contributed by atoms with Crippen LogP contribution in [0.15, 0.2) is 34.9 Å². The van der Waals surface area contributed by atoms with Crippen molar-refractivity contribution in [1.29, 1.82) is 0 Å². The molecule has 2 rings (SSSR count). The Morgan fingerprint density at radius 1 is 1.41 bits per heavy atom. The fraction of sp³-hybridized carbons (Fsp3) is 0.308. The van der Waals surface area contributed by atoms with E-state index in [4.69, 9.17) is 16.0 Å². The minimum atomic E-state index is 0.0694. The van der Waals surface area contributed by atoms with Crippen molar-refractivity contribution in [2.24, 2.45) is 0 Å². The van der Waals surface area contributed by atoms with E-state index in [1.807, 2.05) is 38.1 Å². The van der Waals surface area contributed by atoms with E-state index < -0.39 is 0 Å². The van der Waals surface area contributed by atoms with Crippen LogP contribution in [0.1, 0.15) is 30.2 Å². The highest BCUT2D eigenvalue weighted by Gasteiger charge is 2.11. The molecule has 0 fully saturated rings. The molecule has 0 spiro atoms. The Morgan fingerprint density at radius 3 is 2.82 bits per heavy atom. The Morgan fingerprint density at radius 2 is 2.18 bits per heavy atom. The van der Waals surface area contributed by atoms with Crippen LogP contribution in [-0.4, -0.2) is 4.98 Å². The summed E-state index contributed by atoms with van der Waals surface area (Å²) in [6.45, 7) is 4.60. The summed E-state index contributed by atoms with van der Waals surface area (Å²) >= 11 is 6.08. The number of nitrogens with one attached hydrogen (secondary N) is 1. The van der Waals surface area contributed by atoms with Gasteiger partial charge in [-0.3, -0.25) is 0 Å². The predicted molar refractivity (Wildman–Crippen MR) is 67.9 cm³/mol. The number of aryl methyl sites for hydroxylation is 1. The van der Waals surface area contributed by atoms with Gasteiger partial charge in [0.1, 0.15) is 5.76 Å². The normalized spacial score (nSPS) is 12.6. The largest absolute Gasteiger partial charge is 0.444 e. The van der Waals surface area contributed by atoms with Crippen LogP contribution in [0.5, 0.6) is 0 Å². The molecule has 0 amide bonds. The minimum Gasteiger partial charge on any atom is -0.444 e. The molecule has 1 heterocycles. The van der Waals surface area contributed by atoms with E-state index in [1.165, 1.54) is 0 Å². The fourth-order valence-electron chi connectivity index (χ4n) is 1.56. The molecule has 0 saturated heterocycles. The molecule has 0 aliphatic carbocycles. The monoisotopic (exact) mass is 250 g/mol. The summed E-state index contributed by atoms with van der Waals surface area (Å²) in [7, 11) is 0. The van der Waals surface area contributed by atoms with Gasteiger partial charge in [-0.1, -0.05) is 29.8 Å². The van der Waals surface area contributed by atoms with E-state index in [1.54, 1.807) is 6.20 Å². The van der Waals surface area contributed by atoms with E-state index in [0.29, 0.717) is 12.4 Å². The molecule has 0 bridgehead atoms. The van der Waals surface area contributed by atoms with Gasteiger partial charge in [0.2, 0.25) is 5.89 Å². The van der Waals surface area contributed by atoms with E-state index in [2.05, 4.69) is 10.3 Å². The zero-order valence-corrected chi connectivity index (χ0v) is 10.7. The van der Waals surface area contributed by atoms with Gasteiger partial charge >= 0.3 is 0 Å². The SMILES string of the molecule is Cc1cnc(C(C)NCc2ccccc2Cl)o1. The summed E-state index contributed by atoms with van der Waals surface area (Å²) in [6, 6.07) is 7.86. The van der Waals surface area contributed by atoms with Crippen LogP contribution in [-0.2, 0) is 6.54 Å².